The topological polar surface area (TPSA) is 94.6 Å². The summed E-state index contributed by atoms with van der Waals surface area (Å²) in [5.74, 6) is 0. The average Bonchev–Trinajstić information content (AvgIpc) is 2.62. The largest absolute Gasteiger partial charge is 0.386 e. The van der Waals surface area contributed by atoms with Crippen LogP contribution in [0.5, 0.6) is 0 Å². The standard InChI is InChI=1S/C20H6O6/c21-17-9-3-1-7-5-11-16-10(18(22)26-19(11)23)4-2-8-6-12(20(24)25-17)15(9)13(7)14(8)16/h1-6H. The van der Waals surface area contributed by atoms with Crippen molar-refractivity contribution in [3.63, 3.8) is 0 Å². The predicted octanol–water partition coefficient (Wildman–Crippen LogP) is 2.39. The maximum atomic E-state index is 12.3. The van der Waals surface area contributed by atoms with E-state index in [0.29, 0.717) is 53.9 Å². The molecule has 26 heavy (non-hydrogen) atoms. The summed E-state index contributed by atoms with van der Waals surface area (Å²) in [6.07, 6.45) is 0. The fourth-order valence-electron chi connectivity index (χ4n) is 4.08. The van der Waals surface area contributed by atoms with Crippen molar-refractivity contribution in [2.45, 2.75) is 0 Å². The second-order valence-corrected chi connectivity index (χ2v) is 6.37. The van der Waals surface area contributed by atoms with Crippen molar-refractivity contribution < 1.29 is 8.83 Å². The molecule has 0 aliphatic heterocycles. The first-order chi connectivity index (χ1) is 12.5. The molecule has 0 aliphatic rings. The molecule has 0 fully saturated rings. The third-order valence-electron chi connectivity index (χ3n) is 5.11. The van der Waals surface area contributed by atoms with Gasteiger partial charge in [0, 0.05) is 10.8 Å². The van der Waals surface area contributed by atoms with E-state index in [1.54, 1.807) is 36.4 Å². The van der Waals surface area contributed by atoms with Gasteiger partial charge in [-0.25, -0.2) is 19.2 Å². The van der Waals surface area contributed by atoms with Gasteiger partial charge in [-0.05, 0) is 45.8 Å². The van der Waals surface area contributed by atoms with E-state index < -0.39 is 22.5 Å². The zero-order chi connectivity index (χ0) is 17.7. The van der Waals surface area contributed by atoms with Crippen LogP contribution in [0.25, 0.3) is 53.9 Å². The first-order valence-corrected chi connectivity index (χ1v) is 7.86. The van der Waals surface area contributed by atoms with Crippen LogP contribution >= 0.6 is 0 Å². The van der Waals surface area contributed by atoms with E-state index in [0.717, 1.165) is 0 Å². The SMILES string of the molecule is O=c1oc(=O)c2cc3ccc4c(=O)oc(=O)c5cc6ccc1c2c6c3c45. The molecule has 0 aliphatic carbocycles. The Labute approximate surface area is 141 Å². The van der Waals surface area contributed by atoms with Crippen LogP contribution in [0.3, 0.4) is 0 Å². The Morgan fingerprint density at radius 3 is 1.27 bits per heavy atom. The van der Waals surface area contributed by atoms with Crippen LogP contribution in [0.1, 0.15) is 0 Å². The maximum absolute atomic E-state index is 12.3. The Bertz CT molecular complexity index is 1620. The summed E-state index contributed by atoms with van der Waals surface area (Å²) in [6.45, 7) is 0. The predicted molar refractivity (Wildman–Crippen MR) is 97.1 cm³/mol. The molecule has 0 saturated heterocycles. The Morgan fingerprint density at radius 1 is 0.462 bits per heavy atom. The molecule has 0 atom stereocenters. The first-order valence-electron chi connectivity index (χ1n) is 7.86. The third kappa shape index (κ3) is 1.35. The van der Waals surface area contributed by atoms with E-state index in [2.05, 4.69) is 0 Å². The Balaban J connectivity index is 2.18. The van der Waals surface area contributed by atoms with Crippen molar-refractivity contribution in [3.05, 3.63) is 78.1 Å². The lowest BCUT2D eigenvalue weighted by Gasteiger charge is -2.14. The minimum Gasteiger partial charge on any atom is -0.386 e. The van der Waals surface area contributed by atoms with Crippen LogP contribution in [0.2, 0.25) is 0 Å². The van der Waals surface area contributed by atoms with Gasteiger partial charge in [0.1, 0.15) is 0 Å². The fourth-order valence-corrected chi connectivity index (χ4v) is 4.08. The summed E-state index contributed by atoms with van der Waals surface area (Å²) in [5, 5.41) is 4.87. The molecule has 0 radical (unpaired) electrons. The van der Waals surface area contributed by atoms with Gasteiger partial charge in [0.05, 0.1) is 21.5 Å². The van der Waals surface area contributed by atoms with E-state index in [1.165, 1.54) is 0 Å². The molecule has 0 amide bonds. The van der Waals surface area contributed by atoms with E-state index in [1.807, 2.05) is 0 Å². The second kappa shape index (κ2) is 4.05. The van der Waals surface area contributed by atoms with Gasteiger partial charge >= 0.3 is 22.5 Å². The molecule has 0 spiro atoms. The number of benzene rings is 4. The summed E-state index contributed by atoms with van der Waals surface area (Å²) >= 11 is 0. The molecule has 6 rings (SSSR count). The molecule has 0 unspecified atom stereocenters. The Kier molecular flexibility index (Phi) is 2.10. The molecular formula is C20H6O6. The highest BCUT2D eigenvalue weighted by molar-refractivity contribution is 6.35. The van der Waals surface area contributed by atoms with E-state index in [9.17, 15) is 19.2 Å². The second-order valence-electron chi connectivity index (χ2n) is 6.37. The minimum absolute atomic E-state index is 0.291. The summed E-state index contributed by atoms with van der Waals surface area (Å²) < 4.78 is 9.66. The summed E-state index contributed by atoms with van der Waals surface area (Å²) in [5.41, 5.74) is -2.82. The smallest absolute Gasteiger partial charge is 0.346 e. The van der Waals surface area contributed by atoms with Crippen molar-refractivity contribution in [1.29, 1.82) is 0 Å². The van der Waals surface area contributed by atoms with Crippen LogP contribution in [0.15, 0.2) is 64.4 Å². The van der Waals surface area contributed by atoms with Crippen LogP contribution in [-0.2, 0) is 0 Å². The molecule has 2 aromatic heterocycles. The Hall–Kier alpha value is -3.80. The summed E-state index contributed by atoms with van der Waals surface area (Å²) in [7, 11) is 0. The van der Waals surface area contributed by atoms with Crippen molar-refractivity contribution in [1.82, 2.24) is 0 Å². The van der Waals surface area contributed by atoms with Gasteiger partial charge in [-0.2, -0.15) is 0 Å². The molecule has 6 heteroatoms. The van der Waals surface area contributed by atoms with Crippen molar-refractivity contribution in [2.24, 2.45) is 0 Å². The molecule has 4 aromatic carbocycles. The number of hydrogen-bond donors (Lipinski definition) is 0. The molecule has 2 heterocycles. The zero-order valence-electron chi connectivity index (χ0n) is 12.9. The van der Waals surface area contributed by atoms with Crippen LogP contribution in [0, 0.1) is 0 Å². The maximum Gasteiger partial charge on any atom is 0.346 e. The van der Waals surface area contributed by atoms with Gasteiger partial charge in [0.25, 0.3) is 0 Å². The highest BCUT2D eigenvalue weighted by atomic mass is 16.4. The molecule has 0 N–H and O–H groups in total. The minimum atomic E-state index is -0.705. The van der Waals surface area contributed by atoms with Crippen molar-refractivity contribution in [2.75, 3.05) is 0 Å². The Morgan fingerprint density at radius 2 is 0.846 bits per heavy atom. The lowest BCUT2D eigenvalue weighted by molar-refractivity contribution is 0.488. The van der Waals surface area contributed by atoms with E-state index in [-0.39, 0.29) is 0 Å². The average molecular weight is 342 g/mol. The lowest BCUT2D eigenvalue weighted by atomic mass is 9.88. The molecule has 6 aromatic rings. The number of rotatable bonds is 0. The van der Waals surface area contributed by atoms with Gasteiger partial charge in [0.2, 0.25) is 0 Å². The van der Waals surface area contributed by atoms with Crippen molar-refractivity contribution in [3.8, 4) is 0 Å². The summed E-state index contributed by atoms with van der Waals surface area (Å²) in [4.78, 5) is 48.8. The number of hydrogen-bond acceptors (Lipinski definition) is 6. The summed E-state index contributed by atoms with van der Waals surface area (Å²) in [6, 6.07) is 9.81. The zero-order valence-corrected chi connectivity index (χ0v) is 12.9. The fraction of sp³-hybridized carbons (Fsp3) is 0. The van der Waals surface area contributed by atoms with Crippen molar-refractivity contribution >= 4 is 53.9 Å². The van der Waals surface area contributed by atoms with Gasteiger partial charge in [-0.15, -0.1) is 0 Å². The van der Waals surface area contributed by atoms with Gasteiger partial charge in [-0.3, -0.25) is 0 Å². The van der Waals surface area contributed by atoms with Crippen LogP contribution < -0.4 is 22.5 Å². The molecule has 6 nitrogen and oxygen atoms in total. The van der Waals surface area contributed by atoms with Gasteiger partial charge < -0.3 is 8.83 Å². The highest BCUT2D eigenvalue weighted by Gasteiger charge is 2.21. The molecule has 0 bridgehead atoms. The van der Waals surface area contributed by atoms with Gasteiger partial charge in [-0.1, -0.05) is 12.1 Å². The van der Waals surface area contributed by atoms with Crippen LogP contribution in [0.4, 0.5) is 0 Å². The third-order valence-corrected chi connectivity index (χ3v) is 5.11. The van der Waals surface area contributed by atoms with Crippen LogP contribution in [-0.4, -0.2) is 0 Å². The molecule has 122 valence electrons. The van der Waals surface area contributed by atoms with Gasteiger partial charge in [0.15, 0.2) is 0 Å². The monoisotopic (exact) mass is 342 g/mol. The first kappa shape index (κ1) is 13.5. The van der Waals surface area contributed by atoms with E-state index in [4.69, 9.17) is 8.83 Å². The van der Waals surface area contributed by atoms with E-state index >= 15 is 0 Å². The highest BCUT2D eigenvalue weighted by Crippen LogP contribution is 2.40. The normalized spacial score (nSPS) is 12.5. The lowest BCUT2D eigenvalue weighted by Crippen LogP contribution is -2.14. The quantitative estimate of drug-likeness (QED) is 0.311. The molecule has 0 saturated carbocycles. The molecular weight excluding hydrogens is 336 g/mol.